The van der Waals surface area contributed by atoms with E-state index >= 15 is 0 Å². The summed E-state index contributed by atoms with van der Waals surface area (Å²) in [5.41, 5.74) is 10.4. The number of hydrogen-bond donors (Lipinski definition) is 1. The topological polar surface area (TPSA) is 98.1 Å². The maximum atomic E-state index is 13.5. The van der Waals surface area contributed by atoms with Crippen molar-refractivity contribution < 1.29 is 9.53 Å². The van der Waals surface area contributed by atoms with E-state index in [1.807, 2.05) is 48.5 Å². The molecule has 1 aliphatic rings. The fraction of sp³-hybridized carbons (Fsp3) is 0.300. The van der Waals surface area contributed by atoms with Gasteiger partial charge in [-0.3, -0.25) is 9.36 Å². The maximum Gasteiger partial charge on any atom is 0.338 e. The first-order chi connectivity index (χ1) is 17.7. The number of ether oxygens (including phenoxy) is 1. The number of nitrogens with two attached hydrogens (primary N) is 1. The largest absolute Gasteiger partial charge is 0.463 e. The number of benzene rings is 2. The molecule has 1 unspecified atom stereocenters. The third kappa shape index (κ3) is 4.90. The molecule has 0 radical (unpaired) electrons. The zero-order valence-corrected chi connectivity index (χ0v) is 22.6. The van der Waals surface area contributed by atoms with Crippen molar-refractivity contribution in [3.63, 3.8) is 0 Å². The van der Waals surface area contributed by atoms with Gasteiger partial charge in [0.05, 0.1) is 34.3 Å². The number of hydrogen-bond acceptors (Lipinski definition) is 6. The third-order valence-corrected chi connectivity index (χ3v) is 7.71. The average Bonchev–Trinajstić information content (AvgIpc) is 3.20. The van der Waals surface area contributed by atoms with Crippen LogP contribution in [0, 0.1) is 11.3 Å². The van der Waals surface area contributed by atoms with E-state index < -0.39 is 11.9 Å². The number of fused-ring (bicyclic) bond motifs is 1. The number of esters is 1. The number of aromatic nitrogens is 1. The number of nitriles is 1. The van der Waals surface area contributed by atoms with E-state index in [4.69, 9.17) is 10.5 Å². The molecule has 4 rings (SSSR count). The van der Waals surface area contributed by atoms with Crippen molar-refractivity contribution in [1.29, 1.82) is 5.26 Å². The molecule has 2 heterocycles. The van der Waals surface area contributed by atoms with Crippen LogP contribution in [0.5, 0.6) is 0 Å². The molecule has 1 atom stereocenters. The molecule has 1 aromatic heterocycles. The molecule has 0 saturated carbocycles. The Morgan fingerprint density at radius 2 is 1.65 bits per heavy atom. The van der Waals surface area contributed by atoms with Gasteiger partial charge in [-0.25, -0.2) is 4.79 Å². The van der Waals surface area contributed by atoms with Gasteiger partial charge < -0.3 is 10.5 Å². The van der Waals surface area contributed by atoms with E-state index in [-0.39, 0.29) is 29.1 Å². The molecule has 0 saturated heterocycles. The Balaban J connectivity index is 2.00. The lowest BCUT2D eigenvalue weighted by Crippen LogP contribution is -2.40. The van der Waals surface area contributed by atoms with Gasteiger partial charge in [0.15, 0.2) is 0 Å². The summed E-state index contributed by atoms with van der Waals surface area (Å²) in [6, 6.07) is 18.0. The fourth-order valence-corrected chi connectivity index (χ4v) is 5.65. The van der Waals surface area contributed by atoms with E-state index in [1.165, 1.54) is 21.5 Å². The van der Waals surface area contributed by atoms with Crippen LogP contribution in [0.2, 0.25) is 0 Å². The van der Waals surface area contributed by atoms with E-state index in [0.29, 0.717) is 21.0 Å². The highest BCUT2D eigenvalue weighted by Gasteiger charge is 2.36. The SMILES string of the molecule is CCOC(=O)C1=c2sc(=Cc3ccc(C(C)C)cc3)c(=O)n2C(N)=C(C#N)C1c1ccc(C(C)C)cc1. The standard InChI is InChI=1S/C30H31N3O3S/c1-6-36-30(35)26-25(22-13-11-21(12-14-22)18(4)5)23(16-31)27(32)33-28(34)24(37-29(26)33)15-19-7-9-20(10-8-19)17(2)3/h7-15,17-18,25H,6,32H2,1-5H3. The quantitative estimate of drug-likeness (QED) is 0.500. The Morgan fingerprint density at radius 1 is 1.08 bits per heavy atom. The Kier molecular flexibility index (Phi) is 7.51. The molecule has 3 aromatic rings. The maximum absolute atomic E-state index is 13.5. The van der Waals surface area contributed by atoms with E-state index in [0.717, 1.165) is 16.7 Å². The summed E-state index contributed by atoms with van der Waals surface area (Å²) in [6.45, 7) is 10.3. The molecule has 0 spiro atoms. The Labute approximate surface area is 220 Å². The van der Waals surface area contributed by atoms with Crippen LogP contribution in [0.1, 0.15) is 74.6 Å². The van der Waals surface area contributed by atoms with E-state index in [9.17, 15) is 14.9 Å². The smallest absolute Gasteiger partial charge is 0.338 e. The van der Waals surface area contributed by atoms with Gasteiger partial charge in [-0.15, -0.1) is 11.3 Å². The molecule has 1 aliphatic heterocycles. The highest BCUT2D eigenvalue weighted by Crippen LogP contribution is 2.37. The van der Waals surface area contributed by atoms with Gasteiger partial charge in [0, 0.05) is 0 Å². The lowest BCUT2D eigenvalue weighted by atomic mass is 9.83. The van der Waals surface area contributed by atoms with Crippen molar-refractivity contribution in [2.45, 2.75) is 52.4 Å². The number of thiazole rings is 1. The van der Waals surface area contributed by atoms with Crippen LogP contribution in [0.25, 0.3) is 17.5 Å². The summed E-state index contributed by atoms with van der Waals surface area (Å²) < 4.78 is 7.51. The Hall–Kier alpha value is -3.89. The summed E-state index contributed by atoms with van der Waals surface area (Å²) in [5, 5.41) is 10.1. The first-order valence-electron chi connectivity index (χ1n) is 12.4. The number of allylic oxidation sites excluding steroid dienone is 1. The molecule has 2 aromatic carbocycles. The summed E-state index contributed by atoms with van der Waals surface area (Å²) in [4.78, 5) is 26.8. The van der Waals surface area contributed by atoms with Crippen molar-refractivity contribution in [3.8, 4) is 6.07 Å². The predicted octanol–water partition coefficient (Wildman–Crippen LogP) is 4.15. The lowest BCUT2D eigenvalue weighted by molar-refractivity contribution is -0.136. The molecule has 6 nitrogen and oxygen atoms in total. The normalized spacial score (nSPS) is 15.8. The van der Waals surface area contributed by atoms with E-state index in [2.05, 4.69) is 33.8 Å². The first-order valence-corrected chi connectivity index (χ1v) is 13.2. The minimum absolute atomic E-state index is 0.0412. The molecule has 0 aliphatic carbocycles. The second-order valence-electron chi connectivity index (χ2n) is 9.68. The Bertz CT molecular complexity index is 1580. The molecule has 37 heavy (non-hydrogen) atoms. The van der Waals surface area contributed by atoms with Gasteiger partial charge in [0.2, 0.25) is 0 Å². The molecule has 0 bridgehead atoms. The number of carbonyl (C=O) groups excluding carboxylic acids is 1. The number of carbonyl (C=O) groups is 1. The van der Waals surface area contributed by atoms with Gasteiger partial charge in [-0.05, 0) is 47.1 Å². The van der Waals surface area contributed by atoms with Gasteiger partial charge in [-0.1, -0.05) is 76.2 Å². The highest BCUT2D eigenvalue weighted by atomic mass is 32.1. The van der Waals surface area contributed by atoms with Crippen molar-refractivity contribution >= 4 is 34.8 Å². The van der Waals surface area contributed by atoms with Gasteiger partial charge in [-0.2, -0.15) is 5.26 Å². The van der Waals surface area contributed by atoms with Gasteiger partial charge >= 0.3 is 5.97 Å². The highest BCUT2D eigenvalue weighted by molar-refractivity contribution is 7.07. The van der Waals surface area contributed by atoms with Crippen molar-refractivity contribution in [2.75, 3.05) is 6.61 Å². The molecular weight excluding hydrogens is 482 g/mol. The second kappa shape index (κ2) is 10.6. The van der Waals surface area contributed by atoms with Crippen molar-refractivity contribution in [3.05, 3.63) is 95.9 Å². The van der Waals surface area contributed by atoms with Crippen LogP contribution in [0.4, 0.5) is 0 Å². The van der Waals surface area contributed by atoms with Crippen LogP contribution in [0.3, 0.4) is 0 Å². The molecular formula is C30H31N3O3S. The number of nitrogens with zero attached hydrogens (tertiary/aromatic N) is 2. The molecule has 0 fully saturated rings. The summed E-state index contributed by atoms with van der Waals surface area (Å²) >= 11 is 1.19. The van der Waals surface area contributed by atoms with Crippen LogP contribution in [-0.2, 0) is 9.53 Å². The van der Waals surface area contributed by atoms with Crippen LogP contribution >= 0.6 is 11.3 Å². The first kappa shape index (κ1) is 26.2. The molecule has 2 N–H and O–H groups in total. The van der Waals surface area contributed by atoms with Gasteiger partial charge in [0.1, 0.15) is 10.5 Å². The lowest BCUT2D eigenvalue weighted by Gasteiger charge is -2.25. The minimum Gasteiger partial charge on any atom is -0.463 e. The monoisotopic (exact) mass is 513 g/mol. The van der Waals surface area contributed by atoms with Gasteiger partial charge in [0.25, 0.3) is 5.56 Å². The minimum atomic E-state index is -0.735. The zero-order valence-electron chi connectivity index (χ0n) is 21.7. The molecule has 0 amide bonds. The molecule has 7 heteroatoms. The van der Waals surface area contributed by atoms with E-state index in [1.54, 1.807) is 13.0 Å². The zero-order chi connectivity index (χ0) is 26.9. The van der Waals surface area contributed by atoms with Crippen molar-refractivity contribution in [1.82, 2.24) is 4.57 Å². The Morgan fingerprint density at radius 3 is 2.16 bits per heavy atom. The predicted molar refractivity (Wildman–Crippen MR) is 148 cm³/mol. The fourth-order valence-electron chi connectivity index (χ4n) is 4.49. The van der Waals surface area contributed by atoms with Crippen LogP contribution < -0.4 is 20.5 Å². The summed E-state index contributed by atoms with van der Waals surface area (Å²) in [5.74, 6) is -0.527. The third-order valence-electron chi connectivity index (χ3n) is 6.60. The second-order valence-corrected chi connectivity index (χ2v) is 10.7. The van der Waals surface area contributed by atoms with Crippen LogP contribution in [-0.4, -0.2) is 17.1 Å². The molecule has 190 valence electrons. The van der Waals surface area contributed by atoms with Crippen molar-refractivity contribution in [2.24, 2.45) is 5.73 Å². The summed E-state index contributed by atoms with van der Waals surface area (Å²) in [6.07, 6.45) is 1.79. The average molecular weight is 514 g/mol. The van der Waals surface area contributed by atoms with Crippen LogP contribution in [0.15, 0.2) is 58.9 Å². The summed E-state index contributed by atoms with van der Waals surface area (Å²) in [7, 11) is 0. The number of rotatable bonds is 6.